The van der Waals surface area contributed by atoms with Crippen LogP contribution < -0.4 is 0 Å². The summed E-state index contributed by atoms with van der Waals surface area (Å²) in [7, 11) is 0. The molecule has 0 aromatic heterocycles. The third kappa shape index (κ3) is 7.46. The van der Waals surface area contributed by atoms with E-state index in [1.807, 2.05) is 0 Å². The standard InChI is InChI=1S/2C14H22/c1-5-11(3)13-7-9-14(10-8-13)12(4)6-2;1-5-11(3)13-8-7-9-14(10-13)12(4)6-2/h2*7-12H,5-6H2,1-4H3. The number of hydrogen-bond acceptors (Lipinski definition) is 0. The highest BCUT2D eigenvalue weighted by Crippen LogP contribution is 2.25. The summed E-state index contributed by atoms with van der Waals surface area (Å²) in [5, 5.41) is 0. The maximum Gasteiger partial charge on any atom is -0.0193 e. The number of hydrogen-bond donors (Lipinski definition) is 0. The predicted octanol–water partition coefficient (Wildman–Crippen LogP) is 9.43. The van der Waals surface area contributed by atoms with Crippen molar-refractivity contribution in [3.05, 3.63) is 70.8 Å². The zero-order valence-electron chi connectivity index (χ0n) is 19.8. The highest BCUT2D eigenvalue weighted by Gasteiger charge is 2.07. The van der Waals surface area contributed by atoms with E-state index in [1.165, 1.54) is 47.9 Å². The van der Waals surface area contributed by atoms with Gasteiger partial charge in [0, 0.05) is 0 Å². The van der Waals surface area contributed by atoms with Gasteiger partial charge >= 0.3 is 0 Å². The van der Waals surface area contributed by atoms with Crippen molar-refractivity contribution in [1.82, 2.24) is 0 Å². The van der Waals surface area contributed by atoms with E-state index in [-0.39, 0.29) is 0 Å². The Bertz CT molecular complexity index is 598. The first-order chi connectivity index (χ1) is 13.4. The zero-order valence-corrected chi connectivity index (χ0v) is 19.8. The second-order valence-electron chi connectivity index (χ2n) is 8.57. The minimum absolute atomic E-state index is 0.694. The van der Waals surface area contributed by atoms with Crippen molar-refractivity contribution in [3.8, 4) is 0 Å². The van der Waals surface area contributed by atoms with Gasteiger partial charge in [-0.2, -0.15) is 0 Å². The van der Waals surface area contributed by atoms with E-state index in [1.54, 1.807) is 0 Å². The quantitative estimate of drug-likeness (QED) is 0.427. The van der Waals surface area contributed by atoms with Crippen molar-refractivity contribution in [3.63, 3.8) is 0 Å². The molecule has 2 rings (SSSR count). The fourth-order valence-corrected chi connectivity index (χ4v) is 3.27. The van der Waals surface area contributed by atoms with Crippen LogP contribution >= 0.6 is 0 Å². The van der Waals surface area contributed by atoms with Crippen LogP contribution in [0.3, 0.4) is 0 Å². The fraction of sp³-hybridized carbons (Fsp3) is 0.571. The molecule has 0 amide bonds. The molecule has 4 unspecified atom stereocenters. The maximum absolute atomic E-state index is 2.38. The van der Waals surface area contributed by atoms with Gasteiger partial charge in [-0.1, -0.05) is 104 Å². The highest BCUT2D eigenvalue weighted by molar-refractivity contribution is 5.28. The Hall–Kier alpha value is -1.56. The summed E-state index contributed by atoms with van der Waals surface area (Å²) in [5.41, 5.74) is 5.93. The van der Waals surface area contributed by atoms with Crippen LogP contribution in [0, 0.1) is 0 Å². The third-order valence-electron chi connectivity index (χ3n) is 6.57. The molecule has 0 fully saturated rings. The molecule has 0 aliphatic heterocycles. The van der Waals surface area contributed by atoms with Gasteiger partial charge in [-0.15, -0.1) is 0 Å². The van der Waals surface area contributed by atoms with Crippen molar-refractivity contribution in [1.29, 1.82) is 0 Å². The van der Waals surface area contributed by atoms with Crippen LogP contribution in [0.1, 0.15) is 127 Å². The van der Waals surface area contributed by atoms with Gasteiger partial charge in [0.05, 0.1) is 0 Å². The Kier molecular flexibility index (Phi) is 11.2. The Morgan fingerprint density at radius 3 is 1.04 bits per heavy atom. The summed E-state index contributed by atoms with van der Waals surface area (Å²) in [6.45, 7) is 18.2. The van der Waals surface area contributed by atoms with E-state index in [2.05, 4.69) is 104 Å². The average Bonchev–Trinajstić information content (AvgIpc) is 2.77. The molecule has 0 heterocycles. The highest BCUT2D eigenvalue weighted by atomic mass is 14.1. The molecule has 28 heavy (non-hydrogen) atoms. The Balaban J connectivity index is 0.000000280. The minimum atomic E-state index is 0.694. The summed E-state index contributed by atoms with van der Waals surface area (Å²) < 4.78 is 0. The molecule has 2 aromatic rings. The monoisotopic (exact) mass is 380 g/mol. The predicted molar refractivity (Wildman–Crippen MR) is 128 cm³/mol. The molecule has 0 bridgehead atoms. The van der Waals surface area contributed by atoms with Gasteiger partial charge in [0.2, 0.25) is 0 Å². The molecule has 0 aliphatic carbocycles. The molecule has 4 atom stereocenters. The second kappa shape index (κ2) is 12.8. The molecule has 156 valence electrons. The Morgan fingerprint density at radius 1 is 0.464 bits per heavy atom. The molecule has 0 saturated carbocycles. The van der Waals surface area contributed by atoms with Gasteiger partial charge in [0.1, 0.15) is 0 Å². The second-order valence-corrected chi connectivity index (χ2v) is 8.57. The van der Waals surface area contributed by atoms with Gasteiger partial charge in [0.25, 0.3) is 0 Å². The van der Waals surface area contributed by atoms with E-state index in [0.717, 1.165) is 0 Å². The maximum atomic E-state index is 2.38. The SMILES string of the molecule is CCC(C)c1ccc(C(C)CC)cc1.CCC(C)c1cccc(C(C)CC)c1. The molecule has 0 spiro atoms. The van der Waals surface area contributed by atoms with E-state index in [4.69, 9.17) is 0 Å². The van der Waals surface area contributed by atoms with Crippen molar-refractivity contribution < 1.29 is 0 Å². The van der Waals surface area contributed by atoms with E-state index in [9.17, 15) is 0 Å². The van der Waals surface area contributed by atoms with Crippen LogP contribution in [-0.4, -0.2) is 0 Å². The lowest BCUT2D eigenvalue weighted by atomic mass is 9.92. The Labute approximate surface area is 175 Å². The van der Waals surface area contributed by atoms with Gasteiger partial charge in [-0.05, 0) is 71.6 Å². The molecule has 0 aliphatic rings. The van der Waals surface area contributed by atoms with Gasteiger partial charge in [0.15, 0.2) is 0 Å². The van der Waals surface area contributed by atoms with E-state index < -0.39 is 0 Å². The molecule has 0 N–H and O–H groups in total. The molecular weight excluding hydrogens is 336 g/mol. The lowest BCUT2D eigenvalue weighted by Gasteiger charge is -2.14. The van der Waals surface area contributed by atoms with E-state index in [0.29, 0.717) is 23.7 Å². The minimum Gasteiger partial charge on any atom is -0.0648 e. The van der Waals surface area contributed by atoms with Crippen LogP contribution in [0.2, 0.25) is 0 Å². The smallest absolute Gasteiger partial charge is 0.0193 e. The molecule has 2 aromatic carbocycles. The first-order valence-corrected chi connectivity index (χ1v) is 11.6. The van der Waals surface area contributed by atoms with Gasteiger partial charge < -0.3 is 0 Å². The first kappa shape index (κ1) is 24.5. The van der Waals surface area contributed by atoms with Crippen LogP contribution in [0.15, 0.2) is 48.5 Å². The largest absolute Gasteiger partial charge is 0.0648 e. The zero-order chi connectivity index (χ0) is 21.1. The van der Waals surface area contributed by atoms with Gasteiger partial charge in [-0.25, -0.2) is 0 Å². The van der Waals surface area contributed by atoms with Crippen molar-refractivity contribution in [2.24, 2.45) is 0 Å². The molecule has 0 radical (unpaired) electrons. The van der Waals surface area contributed by atoms with Crippen LogP contribution in [-0.2, 0) is 0 Å². The third-order valence-corrected chi connectivity index (χ3v) is 6.57. The number of benzene rings is 2. The van der Waals surface area contributed by atoms with Crippen molar-refractivity contribution in [2.45, 2.75) is 105 Å². The van der Waals surface area contributed by atoms with E-state index >= 15 is 0 Å². The molecule has 0 heteroatoms. The summed E-state index contributed by atoms with van der Waals surface area (Å²) in [5.74, 6) is 2.78. The molecular formula is C28H44. The summed E-state index contributed by atoms with van der Waals surface area (Å²) >= 11 is 0. The van der Waals surface area contributed by atoms with Crippen molar-refractivity contribution >= 4 is 0 Å². The lowest BCUT2D eigenvalue weighted by molar-refractivity contribution is 0.711. The van der Waals surface area contributed by atoms with Crippen LogP contribution in [0.4, 0.5) is 0 Å². The normalized spacial score (nSPS) is 15.1. The summed E-state index contributed by atoms with van der Waals surface area (Å²) in [6, 6.07) is 18.2. The summed E-state index contributed by atoms with van der Waals surface area (Å²) in [6.07, 6.45) is 4.90. The van der Waals surface area contributed by atoms with Crippen LogP contribution in [0.5, 0.6) is 0 Å². The van der Waals surface area contributed by atoms with Crippen LogP contribution in [0.25, 0.3) is 0 Å². The molecule has 0 nitrogen and oxygen atoms in total. The average molecular weight is 381 g/mol. The first-order valence-electron chi connectivity index (χ1n) is 11.6. The summed E-state index contributed by atoms with van der Waals surface area (Å²) in [4.78, 5) is 0. The number of rotatable bonds is 8. The lowest BCUT2D eigenvalue weighted by Crippen LogP contribution is -1.96. The Morgan fingerprint density at radius 2 is 0.750 bits per heavy atom. The van der Waals surface area contributed by atoms with Gasteiger partial charge in [-0.3, -0.25) is 0 Å². The topological polar surface area (TPSA) is 0 Å². The fourth-order valence-electron chi connectivity index (χ4n) is 3.27. The van der Waals surface area contributed by atoms with Crippen molar-refractivity contribution in [2.75, 3.05) is 0 Å². The molecule has 0 saturated heterocycles.